The Labute approximate surface area is 219 Å². The van der Waals surface area contributed by atoms with Gasteiger partial charge in [0.2, 0.25) is 5.91 Å². The van der Waals surface area contributed by atoms with E-state index in [-0.39, 0.29) is 17.8 Å². The minimum absolute atomic E-state index is 0.0723. The number of aliphatic imine (C=N–C) groups is 1. The number of amides is 2. The van der Waals surface area contributed by atoms with Gasteiger partial charge in [0.1, 0.15) is 17.7 Å². The topological polar surface area (TPSA) is 138 Å². The number of aliphatic hydroxyl groups is 1. The first-order valence-corrected chi connectivity index (χ1v) is 11.3. The minimum atomic E-state index is -4.89. The van der Waals surface area contributed by atoms with E-state index in [1.54, 1.807) is 0 Å². The lowest BCUT2D eigenvalue weighted by molar-refractivity contribution is -0.220. The smallest absolute Gasteiger partial charge is 0.407 e. The van der Waals surface area contributed by atoms with Gasteiger partial charge in [-0.3, -0.25) is 9.79 Å². The van der Waals surface area contributed by atoms with Gasteiger partial charge in [-0.15, -0.1) is 0 Å². The summed E-state index contributed by atoms with van der Waals surface area (Å²) in [6.45, 7) is -0.675. The molecular formula is C23H30F7N5O4. The third kappa shape index (κ3) is 10.4. The summed E-state index contributed by atoms with van der Waals surface area (Å²) in [7, 11) is 0.903. The summed E-state index contributed by atoms with van der Waals surface area (Å²) in [6.07, 6.45) is -8.14. The van der Waals surface area contributed by atoms with E-state index in [1.165, 1.54) is 0 Å². The summed E-state index contributed by atoms with van der Waals surface area (Å²) < 4.78 is 97.5. The van der Waals surface area contributed by atoms with Crippen molar-refractivity contribution in [2.24, 2.45) is 16.1 Å². The molecule has 0 unspecified atom stereocenters. The van der Waals surface area contributed by atoms with Gasteiger partial charge in [0.05, 0.1) is 25.2 Å². The molecule has 0 aliphatic rings. The molecule has 1 aromatic carbocycles. The SMILES string of the molecule is COC(=O)N[C@H](C(=O)NC[C@@H](O)CNCc1c(F)cc(C(N)=CC=NCC(F)F)cc1F)C(C)(C)C(F)(F)F. The number of nitrogens with zero attached hydrogens (tertiary/aromatic N) is 1. The number of methoxy groups -OCH3 is 1. The lowest BCUT2D eigenvalue weighted by Crippen LogP contribution is -2.60. The van der Waals surface area contributed by atoms with Crippen LogP contribution in [0.3, 0.4) is 0 Å². The lowest BCUT2D eigenvalue weighted by atomic mass is 9.83. The average Bonchev–Trinajstić information content (AvgIpc) is 2.83. The predicted octanol–water partition coefficient (Wildman–Crippen LogP) is 2.48. The second kappa shape index (κ2) is 14.7. The van der Waals surface area contributed by atoms with E-state index in [0.717, 1.165) is 31.5 Å². The highest BCUT2D eigenvalue weighted by Crippen LogP contribution is 2.40. The first-order valence-electron chi connectivity index (χ1n) is 11.3. The van der Waals surface area contributed by atoms with Crippen LogP contribution >= 0.6 is 0 Å². The number of hydrogen-bond acceptors (Lipinski definition) is 7. The molecule has 2 atom stereocenters. The van der Waals surface area contributed by atoms with Gasteiger partial charge in [-0.05, 0) is 32.1 Å². The molecule has 0 bridgehead atoms. The van der Waals surface area contributed by atoms with E-state index in [0.29, 0.717) is 13.8 Å². The largest absolute Gasteiger partial charge is 0.453 e. The number of alkyl carbamates (subject to hydrolysis) is 1. The van der Waals surface area contributed by atoms with Crippen molar-refractivity contribution in [3.8, 4) is 0 Å². The van der Waals surface area contributed by atoms with Crippen LogP contribution in [0.15, 0.2) is 23.2 Å². The number of nitrogens with two attached hydrogens (primary N) is 1. The molecule has 0 radical (unpaired) electrons. The molecule has 0 heterocycles. The first-order chi connectivity index (χ1) is 18.0. The van der Waals surface area contributed by atoms with Crippen molar-refractivity contribution < 1.29 is 50.2 Å². The number of halogens is 7. The minimum Gasteiger partial charge on any atom is -0.453 e. The quantitative estimate of drug-likeness (QED) is 0.182. The maximum Gasteiger partial charge on any atom is 0.407 e. The van der Waals surface area contributed by atoms with Gasteiger partial charge in [0.15, 0.2) is 0 Å². The van der Waals surface area contributed by atoms with Crippen LogP contribution < -0.4 is 21.7 Å². The number of aliphatic hydroxyl groups excluding tert-OH is 1. The monoisotopic (exact) mass is 573 g/mol. The molecule has 1 rings (SSSR count). The fourth-order valence-electron chi connectivity index (χ4n) is 2.98. The zero-order chi connectivity index (χ0) is 30.0. The number of nitrogens with one attached hydrogen (secondary N) is 3. The van der Waals surface area contributed by atoms with Crippen LogP contribution in [0.25, 0.3) is 5.70 Å². The van der Waals surface area contributed by atoms with Gasteiger partial charge in [0, 0.05) is 42.7 Å². The normalized spacial score (nSPS) is 14.4. The van der Waals surface area contributed by atoms with E-state index in [9.17, 15) is 45.4 Å². The number of carbonyl (C=O) groups excluding carboxylic acids is 2. The highest BCUT2D eigenvalue weighted by atomic mass is 19.4. The van der Waals surface area contributed by atoms with Gasteiger partial charge in [-0.2, -0.15) is 13.2 Å². The molecule has 9 nitrogen and oxygen atoms in total. The highest BCUT2D eigenvalue weighted by molar-refractivity contribution is 5.86. The van der Waals surface area contributed by atoms with Crippen molar-refractivity contribution in [3.05, 3.63) is 41.0 Å². The van der Waals surface area contributed by atoms with Gasteiger partial charge < -0.3 is 31.5 Å². The molecule has 0 aliphatic heterocycles. The Morgan fingerprint density at radius 1 is 1.15 bits per heavy atom. The maximum absolute atomic E-state index is 14.4. The molecule has 16 heteroatoms. The Morgan fingerprint density at radius 3 is 2.26 bits per heavy atom. The maximum atomic E-state index is 14.4. The van der Waals surface area contributed by atoms with Crippen LogP contribution in [-0.2, 0) is 16.1 Å². The first kappa shape index (κ1) is 33.6. The van der Waals surface area contributed by atoms with E-state index in [2.05, 4.69) is 20.4 Å². The van der Waals surface area contributed by atoms with Crippen molar-refractivity contribution >= 4 is 23.9 Å². The molecular weight excluding hydrogens is 543 g/mol. The molecule has 0 aliphatic carbocycles. The second-order valence-corrected chi connectivity index (χ2v) is 8.76. The zero-order valence-corrected chi connectivity index (χ0v) is 21.2. The number of ether oxygens (including phenoxy) is 1. The number of hydrogen-bond donors (Lipinski definition) is 5. The zero-order valence-electron chi connectivity index (χ0n) is 21.2. The summed E-state index contributed by atoms with van der Waals surface area (Å²) in [5, 5.41) is 16.5. The third-order valence-electron chi connectivity index (χ3n) is 5.43. The number of carbonyl (C=O) groups is 2. The Kier molecular flexibility index (Phi) is 12.7. The van der Waals surface area contributed by atoms with Gasteiger partial charge >= 0.3 is 12.3 Å². The average molecular weight is 574 g/mol. The summed E-state index contributed by atoms with van der Waals surface area (Å²) in [5.41, 5.74) is 2.34. The van der Waals surface area contributed by atoms with Crippen LogP contribution in [0.1, 0.15) is 25.0 Å². The fourth-order valence-corrected chi connectivity index (χ4v) is 2.98. The van der Waals surface area contributed by atoms with Crippen LogP contribution in [0.4, 0.5) is 35.5 Å². The van der Waals surface area contributed by atoms with Crippen molar-refractivity contribution in [2.75, 3.05) is 26.7 Å². The predicted molar refractivity (Wildman–Crippen MR) is 128 cm³/mol. The van der Waals surface area contributed by atoms with Crippen molar-refractivity contribution in [1.29, 1.82) is 0 Å². The van der Waals surface area contributed by atoms with Gasteiger partial charge in [-0.1, -0.05) is 0 Å². The summed E-state index contributed by atoms with van der Waals surface area (Å²) in [4.78, 5) is 27.3. The second-order valence-electron chi connectivity index (χ2n) is 8.76. The van der Waals surface area contributed by atoms with Crippen LogP contribution in [0.5, 0.6) is 0 Å². The van der Waals surface area contributed by atoms with E-state index < -0.39 is 79.0 Å². The molecule has 39 heavy (non-hydrogen) atoms. The van der Waals surface area contributed by atoms with Crippen LogP contribution in [0, 0.1) is 17.0 Å². The van der Waals surface area contributed by atoms with Gasteiger partial charge in [-0.25, -0.2) is 22.4 Å². The Morgan fingerprint density at radius 2 is 1.74 bits per heavy atom. The fraction of sp³-hybridized carbons (Fsp3) is 0.522. The van der Waals surface area contributed by atoms with E-state index >= 15 is 0 Å². The molecule has 0 saturated carbocycles. The number of alkyl halides is 5. The van der Waals surface area contributed by atoms with Gasteiger partial charge in [0.25, 0.3) is 6.43 Å². The number of rotatable bonds is 13. The molecule has 2 amide bonds. The number of allylic oxidation sites excluding steroid dienone is 1. The standard InChI is InChI=1S/C23H30F7N5O4/c1-22(2,23(28,29)30)19(35-21(38)39-3)20(37)34-9-13(36)8-33-10-14-15(24)6-12(7-16(14)25)17(31)4-5-32-11-18(26)27/h4-7,13,18-19,33,36H,8-11,31H2,1-3H3,(H,34,37)(H,35,38)/t13-,19+/m0/s1. The Hall–Kier alpha value is -3.40. The molecule has 0 aromatic heterocycles. The van der Waals surface area contributed by atoms with E-state index in [1.807, 2.05) is 5.32 Å². The molecule has 0 fully saturated rings. The number of benzene rings is 1. The molecule has 6 N–H and O–H groups in total. The van der Waals surface area contributed by atoms with Crippen molar-refractivity contribution in [3.63, 3.8) is 0 Å². The highest BCUT2D eigenvalue weighted by Gasteiger charge is 2.55. The summed E-state index contributed by atoms with van der Waals surface area (Å²) >= 11 is 0. The molecule has 220 valence electrons. The van der Waals surface area contributed by atoms with Crippen molar-refractivity contribution in [2.45, 2.75) is 45.1 Å². The summed E-state index contributed by atoms with van der Waals surface area (Å²) in [6, 6.07) is -0.287. The molecule has 1 aromatic rings. The lowest BCUT2D eigenvalue weighted by Gasteiger charge is -2.35. The summed E-state index contributed by atoms with van der Waals surface area (Å²) in [5.74, 6) is -3.26. The third-order valence-corrected chi connectivity index (χ3v) is 5.43. The Balaban J connectivity index is 2.75. The Bertz CT molecular complexity index is 1030. The van der Waals surface area contributed by atoms with Crippen LogP contribution in [-0.4, -0.2) is 74.8 Å². The van der Waals surface area contributed by atoms with Crippen LogP contribution in [0.2, 0.25) is 0 Å². The van der Waals surface area contributed by atoms with Crippen molar-refractivity contribution in [1.82, 2.24) is 16.0 Å². The molecule has 0 saturated heterocycles. The molecule has 0 spiro atoms. The van der Waals surface area contributed by atoms with E-state index in [4.69, 9.17) is 5.73 Å².